The van der Waals surface area contributed by atoms with Crippen LogP contribution < -0.4 is 5.32 Å². The van der Waals surface area contributed by atoms with Gasteiger partial charge in [0.15, 0.2) is 5.13 Å². The number of amides is 1. The van der Waals surface area contributed by atoms with E-state index in [-0.39, 0.29) is 16.9 Å². The lowest BCUT2D eigenvalue weighted by Crippen LogP contribution is -2.13. The number of rotatable bonds is 6. The number of anilines is 1. The van der Waals surface area contributed by atoms with Crippen molar-refractivity contribution in [1.82, 2.24) is 14.8 Å². The number of hydrogen-bond acceptors (Lipinski definition) is 4. The maximum atomic E-state index is 13.0. The summed E-state index contributed by atoms with van der Waals surface area (Å²) in [7, 11) is 0. The van der Waals surface area contributed by atoms with Crippen LogP contribution in [0.1, 0.15) is 32.1 Å². The van der Waals surface area contributed by atoms with Gasteiger partial charge in [0.05, 0.1) is 17.8 Å². The first kappa shape index (κ1) is 20.3. The summed E-state index contributed by atoms with van der Waals surface area (Å²) in [5.74, 6) is -0.615. The van der Waals surface area contributed by atoms with Crippen molar-refractivity contribution in [2.24, 2.45) is 0 Å². The molecule has 5 nitrogen and oxygen atoms in total. The highest BCUT2D eigenvalue weighted by Gasteiger charge is 2.21. The van der Waals surface area contributed by atoms with Crippen LogP contribution in [-0.2, 0) is 13.0 Å². The molecule has 0 unspecified atom stereocenters. The predicted molar refractivity (Wildman–Crippen MR) is 117 cm³/mol. The fourth-order valence-corrected chi connectivity index (χ4v) is 4.24. The van der Waals surface area contributed by atoms with Gasteiger partial charge in [0, 0.05) is 17.5 Å². The smallest absolute Gasteiger partial charge is 0.262 e. The molecule has 0 fully saturated rings. The van der Waals surface area contributed by atoms with Crippen molar-refractivity contribution < 1.29 is 9.18 Å². The van der Waals surface area contributed by atoms with Crippen LogP contribution in [0.5, 0.6) is 0 Å². The van der Waals surface area contributed by atoms with E-state index in [0.29, 0.717) is 29.4 Å². The Morgan fingerprint density at radius 3 is 2.60 bits per heavy atom. The van der Waals surface area contributed by atoms with Gasteiger partial charge < -0.3 is 0 Å². The Hall–Kier alpha value is -3.03. The van der Waals surface area contributed by atoms with Gasteiger partial charge in [0.2, 0.25) is 0 Å². The molecule has 0 radical (unpaired) electrons. The molecule has 152 valence electrons. The zero-order valence-corrected chi connectivity index (χ0v) is 17.7. The topological polar surface area (TPSA) is 59.8 Å². The largest absolute Gasteiger partial charge is 0.298 e. The fourth-order valence-electron chi connectivity index (χ4n) is 3.08. The average molecular weight is 441 g/mol. The summed E-state index contributed by atoms with van der Waals surface area (Å²) in [4.78, 5) is 18.0. The maximum absolute atomic E-state index is 13.0. The lowest BCUT2D eigenvalue weighted by atomic mass is 10.1. The molecule has 2 aromatic heterocycles. The molecule has 0 saturated heterocycles. The summed E-state index contributed by atoms with van der Waals surface area (Å²) in [6, 6.07) is 16.1. The Labute approximate surface area is 182 Å². The first-order chi connectivity index (χ1) is 14.5. The number of aromatic nitrogens is 3. The van der Waals surface area contributed by atoms with Gasteiger partial charge in [-0.2, -0.15) is 5.10 Å². The summed E-state index contributed by atoms with van der Waals surface area (Å²) >= 11 is 7.83. The molecule has 1 amide bonds. The molecule has 0 saturated carbocycles. The van der Waals surface area contributed by atoms with Crippen LogP contribution in [0.4, 0.5) is 9.52 Å². The van der Waals surface area contributed by atoms with Crippen molar-refractivity contribution in [2.45, 2.75) is 19.9 Å². The molecule has 8 heteroatoms. The van der Waals surface area contributed by atoms with Crippen LogP contribution in [0.3, 0.4) is 0 Å². The first-order valence-electron chi connectivity index (χ1n) is 9.27. The third-order valence-electron chi connectivity index (χ3n) is 4.53. The monoisotopic (exact) mass is 440 g/mol. The molecular formula is C22H18ClFN4OS. The minimum Gasteiger partial charge on any atom is -0.298 e. The molecule has 30 heavy (non-hydrogen) atoms. The highest BCUT2D eigenvalue weighted by atomic mass is 35.5. The maximum Gasteiger partial charge on any atom is 0.262 e. The second kappa shape index (κ2) is 8.77. The second-order valence-corrected chi connectivity index (χ2v) is 8.26. The normalized spacial score (nSPS) is 10.9. The number of nitrogens with zero attached hydrogens (tertiary/aromatic N) is 3. The molecule has 4 rings (SSSR count). The molecule has 0 aliphatic carbocycles. The molecule has 4 aromatic rings. The van der Waals surface area contributed by atoms with E-state index in [1.165, 1.54) is 23.5 Å². The van der Waals surface area contributed by atoms with Gasteiger partial charge in [-0.15, -0.1) is 11.3 Å². The average Bonchev–Trinajstić information content (AvgIpc) is 3.28. The molecule has 0 bridgehead atoms. The quantitative estimate of drug-likeness (QED) is 0.440. The van der Waals surface area contributed by atoms with Gasteiger partial charge in [0.1, 0.15) is 11.0 Å². The van der Waals surface area contributed by atoms with E-state index in [4.69, 9.17) is 11.6 Å². The zero-order chi connectivity index (χ0) is 21.1. The van der Waals surface area contributed by atoms with Crippen LogP contribution in [-0.4, -0.2) is 20.7 Å². The van der Waals surface area contributed by atoms with Crippen molar-refractivity contribution in [3.63, 3.8) is 0 Å². The Bertz CT molecular complexity index is 1170. The number of carbonyl (C=O) groups is 1. The Morgan fingerprint density at radius 1 is 1.13 bits per heavy atom. The van der Waals surface area contributed by atoms with E-state index >= 15 is 0 Å². The Balaban J connectivity index is 1.46. The van der Waals surface area contributed by atoms with Crippen LogP contribution in [0.2, 0.25) is 5.15 Å². The number of aryl methyl sites for hydroxylation is 1. The van der Waals surface area contributed by atoms with E-state index in [0.717, 1.165) is 16.0 Å². The molecule has 0 atom stereocenters. The molecule has 2 heterocycles. The number of benzene rings is 2. The summed E-state index contributed by atoms with van der Waals surface area (Å²) in [6.07, 6.45) is 2.32. The number of halogens is 2. The number of thiazole rings is 1. The molecule has 0 aliphatic heterocycles. The van der Waals surface area contributed by atoms with Crippen molar-refractivity contribution in [1.29, 1.82) is 0 Å². The van der Waals surface area contributed by atoms with E-state index in [1.807, 2.05) is 30.3 Å². The van der Waals surface area contributed by atoms with Gasteiger partial charge in [-0.05, 0) is 30.2 Å². The predicted octanol–water partition coefficient (Wildman–Crippen LogP) is 5.33. The Kier molecular flexibility index (Phi) is 5.92. The van der Waals surface area contributed by atoms with Crippen LogP contribution in [0.15, 0.2) is 60.8 Å². The van der Waals surface area contributed by atoms with E-state index in [9.17, 15) is 9.18 Å². The lowest BCUT2D eigenvalue weighted by Gasteiger charge is -2.04. The van der Waals surface area contributed by atoms with Crippen LogP contribution in [0.25, 0.3) is 0 Å². The van der Waals surface area contributed by atoms with Crippen molar-refractivity contribution >= 4 is 34.0 Å². The lowest BCUT2D eigenvalue weighted by molar-refractivity contribution is 0.102. The molecular weight excluding hydrogens is 423 g/mol. The highest BCUT2D eigenvalue weighted by Crippen LogP contribution is 2.25. The van der Waals surface area contributed by atoms with Gasteiger partial charge in [-0.3, -0.25) is 10.1 Å². The van der Waals surface area contributed by atoms with Gasteiger partial charge in [-0.1, -0.05) is 54.1 Å². The second-order valence-electron chi connectivity index (χ2n) is 6.78. The summed E-state index contributed by atoms with van der Waals surface area (Å²) < 4.78 is 14.7. The molecule has 0 aliphatic rings. The van der Waals surface area contributed by atoms with Gasteiger partial charge in [-0.25, -0.2) is 14.1 Å². The minimum absolute atomic E-state index is 0.268. The highest BCUT2D eigenvalue weighted by molar-refractivity contribution is 7.15. The summed E-state index contributed by atoms with van der Waals surface area (Å²) in [5.41, 5.74) is 2.90. The minimum atomic E-state index is -0.348. The molecule has 1 N–H and O–H groups in total. The van der Waals surface area contributed by atoms with E-state index in [1.54, 1.807) is 29.9 Å². The van der Waals surface area contributed by atoms with Gasteiger partial charge >= 0.3 is 0 Å². The Morgan fingerprint density at radius 2 is 1.87 bits per heavy atom. The van der Waals surface area contributed by atoms with Gasteiger partial charge in [0.25, 0.3) is 5.91 Å². The third kappa shape index (κ3) is 4.58. The summed E-state index contributed by atoms with van der Waals surface area (Å²) in [6.45, 7) is 2.23. The first-order valence-corrected chi connectivity index (χ1v) is 10.5. The fraction of sp³-hybridized carbons (Fsp3) is 0.136. The van der Waals surface area contributed by atoms with Crippen LogP contribution in [0, 0.1) is 12.7 Å². The van der Waals surface area contributed by atoms with E-state index in [2.05, 4.69) is 15.4 Å². The summed E-state index contributed by atoms with van der Waals surface area (Å²) in [5, 5.41) is 7.98. The SMILES string of the molecule is Cc1nn(Cc2ccccc2)c(Cl)c1C(=O)Nc1ncc(Cc2ccc(F)cc2)s1. The number of carbonyl (C=O) groups excluding carboxylic acids is 1. The zero-order valence-electron chi connectivity index (χ0n) is 16.1. The van der Waals surface area contributed by atoms with Crippen molar-refractivity contribution in [2.75, 3.05) is 5.32 Å². The van der Waals surface area contributed by atoms with Crippen molar-refractivity contribution in [3.8, 4) is 0 Å². The third-order valence-corrected chi connectivity index (χ3v) is 5.83. The standard InChI is InChI=1S/C22H18ClFN4OS/c1-14-19(20(23)28(27-14)13-16-5-3-2-4-6-16)21(29)26-22-25-12-18(30-22)11-15-7-9-17(24)10-8-15/h2-10,12H,11,13H2,1H3,(H,25,26,29). The number of nitrogens with one attached hydrogen (secondary N) is 1. The molecule has 0 spiro atoms. The number of hydrogen-bond donors (Lipinski definition) is 1. The van der Waals surface area contributed by atoms with E-state index < -0.39 is 0 Å². The van der Waals surface area contributed by atoms with Crippen LogP contribution >= 0.6 is 22.9 Å². The molecule has 2 aromatic carbocycles. The van der Waals surface area contributed by atoms with Crippen molar-refractivity contribution in [3.05, 3.63) is 99.0 Å².